The minimum absolute atomic E-state index is 0.260. The summed E-state index contributed by atoms with van der Waals surface area (Å²) >= 11 is 0. The fraction of sp³-hybridized carbons (Fsp3) is 0.889. The predicted molar refractivity (Wildman–Crippen MR) is 48.3 cm³/mol. The van der Waals surface area contributed by atoms with Crippen LogP contribution in [0.3, 0.4) is 0 Å². The van der Waals surface area contributed by atoms with E-state index in [9.17, 15) is 4.79 Å². The summed E-state index contributed by atoms with van der Waals surface area (Å²) in [4.78, 5) is 11.0. The lowest BCUT2D eigenvalue weighted by atomic mass is 9.75. The predicted octanol–water partition coefficient (Wildman–Crippen LogP) is 0.461. The molecule has 1 unspecified atom stereocenters. The van der Waals surface area contributed by atoms with Gasteiger partial charge in [-0.3, -0.25) is 4.79 Å². The van der Waals surface area contributed by atoms with Crippen LogP contribution in [0.1, 0.15) is 20.3 Å². The molecule has 3 N–H and O–H groups in total. The van der Waals surface area contributed by atoms with Gasteiger partial charge in [0.15, 0.2) is 0 Å². The van der Waals surface area contributed by atoms with E-state index in [-0.39, 0.29) is 19.3 Å². The molecule has 1 aliphatic rings. The minimum atomic E-state index is -0.827. The van der Waals surface area contributed by atoms with Crippen LogP contribution in [0.4, 0.5) is 0 Å². The van der Waals surface area contributed by atoms with Crippen LogP contribution in [0, 0.1) is 11.3 Å². The molecule has 0 aromatic rings. The van der Waals surface area contributed by atoms with E-state index in [2.05, 4.69) is 0 Å². The molecular weight excluding hydrogens is 170 g/mol. The first-order valence-electron chi connectivity index (χ1n) is 4.56. The summed E-state index contributed by atoms with van der Waals surface area (Å²) in [5.41, 5.74) is 5.04. The first-order chi connectivity index (χ1) is 5.99. The number of hydrogen-bond donors (Lipinski definition) is 2. The Hall–Kier alpha value is -0.610. The summed E-state index contributed by atoms with van der Waals surface area (Å²) in [6.07, 6.45) is 0.732. The Morgan fingerprint density at radius 2 is 2.15 bits per heavy atom. The molecule has 13 heavy (non-hydrogen) atoms. The molecule has 4 heteroatoms. The Bertz CT molecular complexity index is 199. The second-order valence-electron chi connectivity index (χ2n) is 4.19. The third-order valence-corrected chi connectivity index (χ3v) is 2.58. The lowest BCUT2D eigenvalue weighted by molar-refractivity contribution is -0.184. The van der Waals surface area contributed by atoms with Gasteiger partial charge in [-0.1, -0.05) is 13.8 Å². The van der Waals surface area contributed by atoms with Gasteiger partial charge in [0.1, 0.15) is 5.41 Å². The maximum absolute atomic E-state index is 11.0. The minimum Gasteiger partial charge on any atom is -0.481 e. The molecule has 1 atom stereocenters. The molecule has 76 valence electrons. The zero-order valence-corrected chi connectivity index (χ0v) is 8.12. The van der Waals surface area contributed by atoms with Crippen molar-refractivity contribution in [1.29, 1.82) is 0 Å². The van der Waals surface area contributed by atoms with Crippen LogP contribution in [0.25, 0.3) is 0 Å². The molecular formula is C9H17NO3. The van der Waals surface area contributed by atoms with Crippen LogP contribution >= 0.6 is 0 Å². The Morgan fingerprint density at radius 1 is 1.62 bits per heavy atom. The zero-order chi connectivity index (χ0) is 10.1. The van der Waals surface area contributed by atoms with Gasteiger partial charge < -0.3 is 15.6 Å². The highest BCUT2D eigenvalue weighted by molar-refractivity contribution is 5.77. The van der Waals surface area contributed by atoms with Crippen molar-refractivity contribution in [3.05, 3.63) is 0 Å². The average molecular weight is 187 g/mol. The van der Waals surface area contributed by atoms with Crippen LogP contribution < -0.4 is 5.73 Å². The molecule has 0 aromatic heterocycles. The van der Waals surface area contributed by atoms with Gasteiger partial charge in [0.2, 0.25) is 0 Å². The second kappa shape index (κ2) is 3.64. The number of ether oxygens (including phenoxy) is 1. The van der Waals surface area contributed by atoms with E-state index in [4.69, 9.17) is 15.6 Å². The summed E-state index contributed by atoms with van der Waals surface area (Å²) in [5.74, 6) is -0.404. The largest absolute Gasteiger partial charge is 0.481 e. The highest BCUT2D eigenvalue weighted by atomic mass is 16.5. The molecule has 0 radical (unpaired) electrons. The molecule has 1 saturated heterocycles. The summed E-state index contributed by atoms with van der Waals surface area (Å²) < 4.78 is 4.94. The quantitative estimate of drug-likeness (QED) is 0.670. The highest BCUT2D eigenvalue weighted by Crippen LogP contribution is 2.33. The zero-order valence-electron chi connectivity index (χ0n) is 8.12. The Labute approximate surface area is 78.1 Å². The number of hydrogen-bond acceptors (Lipinski definition) is 3. The summed E-state index contributed by atoms with van der Waals surface area (Å²) in [6, 6.07) is -0.293. The van der Waals surface area contributed by atoms with Crippen molar-refractivity contribution in [3.63, 3.8) is 0 Å². The lowest BCUT2D eigenvalue weighted by Gasteiger charge is -2.42. The van der Waals surface area contributed by atoms with Gasteiger partial charge >= 0.3 is 5.97 Å². The highest BCUT2D eigenvalue weighted by Gasteiger charge is 2.51. The number of carboxylic acids is 1. The van der Waals surface area contributed by atoms with Crippen LogP contribution in [-0.4, -0.2) is 30.3 Å². The second-order valence-corrected chi connectivity index (χ2v) is 4.19. The normalized spacial score (nSPS) is 22.5. The molecule has 1 fully saturated rings. The van der Waals surface area contributed by atoms with Gasteiger partial charge in [0.05, 0.1) is 13.2 Å². The molecule has 1 rings (SSSR count). The van der Waals surface area contributed by atoms with Gasteiger partial charge in [-0.05, 0) is 12.3 Å². The van der Waals surface area contributed by atoms with Gasteiger partial charge in [-0.15, -0.1) is 0 Å². The third-order valence-electron chi connectivity index (χ3n) is 2.58. The van der Waals surface area contributed by atoms with Crippen molar-refractivity contribution in [2.75, 3.05) is 13.2 Å². The SMILES string of the molecule is CC(C)CC(N)C1(C(=O)O)COC1. The molecule has 0 amide bonds. The molecule has 0 bridgehead atoms. The molecule has 0 aliphatic carbocycles. The van der Waals surface area contributed by atoms with E-state index in [1.807, 2.05) is 13.8 Å². The third kappa shape index (κ3) is 1.84. The van der Waals surface area contributed by atoms with Crippen LogP contribution in [0.2, 0.25) is 0 Å². The van der Waals surface area contributed by atoms with E-state index in [0.29, 0.717) is 5.92 Å². The fourth-order valence-electron chi connectivity index (χ4n) is 1.55. The van der Waals surface area contributed by atoms with Crippen LogP contribution in [0.5, 0.6) is 0 Å². The van der Waals surface area contributed by atoms with Crippen molar-refractivity contribution >= 4 is 5.97 Å². The Balaban J connectivity index is 2.60. The molecule has 0 spiro atoms. The van der Waals surface area contributed by atoms with Gasteiger partial charge in [-0.25, -0.2) is 0 Å². The van der Waals surface area contributed by atoms with Crippen LogP contribution in [0.15, 0.2) is 0 Å². The van der Waals surface area contributed by atoms with E-state index in [0.717, 1.165) is 6.42 Å². The van der Waals surface area contributed by atoms with Crippen molar-refractivity contribution in [2.24, 2.45) is 17.1 Å². The maximum atomic E-state index is 11.0. The molecule has 1 heterocycles. The van der Waals surface area contributed by atoms with E-state index in [1.165, 1.54) is 0 Å². The average Bonchev–Trinajstić information content (AvgIpc) is 1.79. The Morgan fingerprint density at radius 3 is 2.38 bits per heavy atom. The molecule has 0 aromatic carbocycles. The first kappa shape index (κ1) is 10.5. The van der Waals surface area contributed by atoms with E-state index < -0.39 is 11.4 Å². The smallest absolute Gasteiger partial charge is 0.315 e. The van der Waals surface area contributed by atoms with Crippen molar-refractivity contribution in [2.45, 2.75) is 26.3 Å². The van der Waals surface area contributed by atoms with E-state index >= 15 is 0 Å². The molecule has 1 aliphatic heterocycles. The van der Waals surface area contributed by atoms with Gasteiger partial charge in [0.25, 0.3) is 0 Å². The Kier molecular flexibility index (Phi) is 2.93. The van der Waals surface area contributed by atoms with Gasteiger partial charge in [-0.2, -0.15) is 0 Å². The number of nitrogens with two attached hydrogens (primary N) is 1. The summed E-state index contributed by atoms with van der Waals surface area (Å²) in [7, 11) is 0. The fourth-order valence-corrected chi connectivity index (χ4v) is 1.55. The first-order valence-corrected chi connectivity index (χ1v) is 4.56. The van der Waals surface area contributed by atoms with Crippen molar-refractivity contribution in [1.82, 2.24) is 0 Å². The number of carbonyl (C=O) groups is 1. The monoisotopic (exact) mass is 187 g/mol. The topological polar surface area (TPSA) is 72.6 Å². The molecule has 0 saturated carbocycles. The lowest BCUT2D eigenvalue weighted by Crippen LogP contribution is -2.60. The van der Waals surface area contributed by atoms with Gasteiger partial charge in [0, 0.05) is 6.04 Å². The number of carboxylic acid groups (broad SMARTS) is 1. The van der Waals surface area contributed by atoms with Crippen LogP contribution in [-0.2, 0) is 9.53 Å². The van der Waals surface area contributed by atoms with Crippen molar-refractivity contribution < 1.29 is 14.6 Å². The number of aliphatic carboxylic acids is 1. The standard InChI is InChI=1S/C9H17NO3/c1-6(2)3-7(10)9(8(11)12)4-13-5-9/h6-7H,3-5,10H2,1-2H3,(H,11,12). The summed E-state index contributed by atoms with van der Waals surface area (Å²) in [5, 5.41) is 9.01. The van der Waals surface area contributed by atoms with E-state index in [1.54, 1.807) is 0 Å². The summed E-state index contributed by atoms with van der Waals surface area (Å²) in [6.45, 7) is 4.59. The number of rotatable bonds is 4. The maximum Gasteiger partial charge on any atom is 0.315 e. The van der Waals surface area contributed by atoms with Crippen molar-refractivity contribution in [3.8, 4) is 0 Å². The molecule has 4 nitrogen and oxygen atoms in total.